The molecule has 0 aliphatic heterocycles. The van der Waals surface area contributed by atoms with Gasteiger partial charge in [-0.2, -0.15) is 0 Å². The summed E-state index contributed by atoms with van der Waals surface area (Å²) in [6.07, 6.45) is 0. The fourth-order valence-electron chi connectivity index (χ4n) is 2.83. The van der Waals surface area contributed by atoms with E-state index in [2.05, 4.69) is 10.0 Å². The van der Waals surface area contributed by atoms with Crippen molar-refractivity contribution in [3.63, 3.8) is 0 Å². The SMILES string of the molecule is Cc1cccc(NS(=O)(=O)c2cccc(C(=O)N[C@H](C)c3ccccc3)c2)c1. The summed E-state index contributed by atoms with van der Waals surface area (Å²) in [5.74, 6) is -0.330. The molecule has 0 aliphatic rings. The van der Waals surface area contributed by atoms with Crippen LogP contribution in [-0.2, 0) is 10.0 Å². The highest BCUT2D eigenvalue weighted by atomic mass is 32.2. The van der Waals surface area contributed by atoms with Crippen LogP contribution in [0.1, 0.15) is 34.5 Å². The third-order valence-electron chi connectivity index (χ3n) is 4.32. The van der Waals surface area contributed by atoms with Crippen molar-refractivity contribution in [2.24, 2.45) is 0 Å². The molecule has 5 nitrogen and oxygen atoms in total. The Balaban J connectivity index is 1.78. The maximum Gasteiger partial charge on any atom is 0.261 e. The van der Waals surface area contributed by atoms with E-state index >= 15 is 0 Å². The van der Waals surface area contributed by atoms with Crippen molar-refractivity contribution in [2.45, 2.75) is 24.8 Å². The molecule has 3 rings (SSSR count). The molecule has 0 saturated heterocycles. The molecule has 0 saturated carbocycles. The summed E-state index contributed by atoms with van der Waals surface area (Å²) in [7, 11) is -3.80. The maximum absolute atomic E-state index is 12.7. The highest BCUT2D eigenvalue weighted by Gasteiger charge is 2.18. The van der Waals surface area contributed by atoms with E-state index in [0.717, 1.165) is 11.1 Å². The van der Waals surface area contributed by atoms with Crippen LogP contribution >= 0.6 is 0 Å². The molecule has 0 aromatic heterocycles. The molecule has 0 spiro atoms. The molecule has 3 aromatic carbocycles. The number of sulfonamides is 1. The van der Waals surface area contributed by atoms with E-state index in [0.29, 0.717) is 5.69 Å². The molecule has 0 bridgehead atoms. The van der Waals surface area contributed by atoms with E-state index in [1.54, 1.807) is 30.3 Å². The minimum absolute atomic E-state index is 0.0361. The number of carbonyl (C=O) groups excluding carboxylic acids is 1. The molecule has 28 heavy (non-hydrogen) atoms. The van der Waals surface area contributed by atoms with Crippen molar-refractivity contribution >= 4 is 21.6 Å². The number of benzene rings is 3. The van der Waals surface area contributed by atoms with Crippen molar-refractivity contribution in [1.29, 1.82) is 0 Å². The van der Waals surface area contributed by atoms with Gasteiger partial charge < -0.3 is 5.32 Å². The molecule has 1 atom stereocenters. The van der Waals surface area contributed by atoms with E-state index in [-0.39, 0.29) is 22.4 Å². The number of amides is 1. The smallest absolute Gasteiger partial charge is 0.261 e. The van der Waals surface area contributed by atoms with Gasteiger partial charge in [-0.25, -0.2) is 8.42 Å². The van der Waals surface area contributed by atoms with Gasteiger partial charge in [-0.15, -0.1) is 0 Å². The van der Waals surface area contributed by atoms with Gasteiger partial charge in [0.15, 0.2) is 0 Å². The van der Waals surface area contributed by atoms with E-state index in [4.69, 9.17) is 0 Å². The van der Waals surface area contributed by atoms with Gasteiger partial charge in [-0.1, -0.05) is 48.5 Å². The summed E-state index contributed by atoms with van der Waals surface area (Å²) in [5.41, 5.74) is 2.69. The van der Waals surface area contributed by atoms with Gasteiger partial charge in [0.1, 0.15) is 0 Å². The first-order chi connectivity index (χ1) is 13.3. The monoisotopic (exact) mass is 394 g/mol. The van der Waals surface area contributed by atoms with E-state index in [1.165, 1.54) is 12.1 Å². The molecule has 0 unspecified atom stereocenters. The van der Waals surface area contributed by atoms with Crippen molar-refractivity contribution < 1.29 is 13.2 Å². The molecule has 0 fully saturated rings. The first-order valence-corrected chi connectivity index (χ1v) is 10.4. The van der Waals surface area contributed by atoms with Crippen LogP contribution in [0.2, 0.25) is 0 Å². The molecule has 0 aliphatic carbocycles. The zero-order chi connectivity index (χ0) is 20.1. The zero-order valence-corrected chi connectivity index (χ0v) is 16.5. The number of rotatable bonds is 6. The summed E-state index contributed by atoms with van der Waals surface area (Å²) < 4.78 is 27.9. The zero-order valence-electron chi connectivity index (χ0n) is 15.7. The third-order valence-corrected chi connectivity index (χ3v) is 5.70. The molecule has 3 aromatic rings. The summed E-state index contributed by atoms with van der Waals surface area (Å²) in [5, 5.41) is 2.89. The average molecular weight is 394 g/mol. The minimum Gasteiger partial charge on any atom is -0.346 e. The van der Waals surface area contributed by atoms with E-state index in [9.17, 15) is 13.2 Å². The van der Waals surface area contributed by atoms with Gasteiger partial charge in [0.25, 0.3) is 15.9 Å². The Labute approximate surface area is 165 Å². The fourth-order valence-corrected chi connectivity index (χ4v) is 3.93. The van der Waals surface area contributed by atoms with Crippen LogP contribution < -0.4 is 10.0 Å². The normalized spacial score (nSPS) is 12.2. The minimum atomic E-state index is -3.80. The number of hydrogen-bond donors (Lipinski definition) is 2. The van der Waals surface area contributed by atoms with Crippen molar-refractivity contribution in [2.75, 3.05) is 4.72 Å². The Hall–Kier alpha value is -3.12. The van der Waals surface area contributed by atoms with Crippen LogP contribution in [0.15, 0.2) is 83.8 Å². The van der Waals surface area contributed by atoms with Crippen molar-refractivity contribution in [3.8, 4) is 0 Å². The van der Waals surface area contributed by atoms with Crippen LogP contribution in [0.4, 0.5) is 5.69 Å². The van der Waals surface area contributed by atoms with Crippen LogP contribution in [0.5, 0.6) is 0 Å². The van der Waals surface area contributed by atoms with E-state index in [1.807, 2.05) is 50.2 Å². The molecular weight excluding hydrogens is 372 g/mol. The molecule has 6 heteroatoms. The van der Waals surface area contributed by atoms with Crippen LogP contribution in [0, 0.1) is 6.92 Å². The topological polar surface area (TPSA) is 75.3 Å². The maximum atomic E-state index is 12.7. The Bertz CT molecular complexity index is 1080. The predicted octanol–water partition coefficient (Wildman–Crippen LogP) is 4.29. The second-order valence-corrected chi connectivity index (χ2v) is 8.29. The summed E-state index contributed by atoms with van der Waals surface area (Å²) >= 11 is 0. The average Bonchev–Trinajstić information content (AvgIpc) is 2.68. The van der Waals surface area contributed by atoms with Gasteiger partial charge in [0, 0.05) is 11.3 Å². The quantitative estimate of drug-likeness (QED) is 0.655. The van der Waals surface area contributed by atoms with Gasteiger partial charge in [-0.3, -0.25) is 9.52 Å². The lowest BCUT2D eigenvalue weighted by molar-refractivity contribution is 0.0939. The van der Waals surface area contributed by atoms with Crippen LogP contribution in [0.3, 0.4) is 0 Å². The number of carbonyl (C=O) groups is 1. The Kier molecular flexibility index (Phi) is 5.80. The molecule has 144 valence electrons. The Morgan fingerprint density at radius 3 is 2.32 bits per heavy atom. The largest absolute Gasteiger partial charge is 0.346 e. The third kappa shape index (κ3) is 4.78. The van der Waals surface area contributed by atoms with Crippen molar-refractivity contribution in [3.05, 3.63) is 95.6 Å². The first kappa shape index (κ1) is 19.6. The Morgan fingerprint density at radius 1 is 0.893 bits per heavy atom. The predicted molar refractivity (Wildman–Crippen MR) is 111 cm³/mol. The second kappa shape index (κ2) is 8.27. The summed E-state index contributed by atoms with van der Waals surface area (Å²) in [6.45, 7) is 3.77. The molecule has 0 heterocycles. The lowest BCUT2D eigenvalue weighted by Gasteiger charge is -2.15. The van der Waals surface area contributed by atoms with Crippen molar-refractivity contribution in [1.82, 2.24) is 5.32 Å². The van der Waals surface area contributed by atoms with Gasteiger partial charge in [-0.05, 0) is 55.3 Å². The second-order valence-electron chi connectivity index (χ2n) is 6.61. The lowest BCUT2D eigenvalue weighted by atomic mass is 10.1. The van der Waals surface area contributed by atoms with Gasteiger partial charge >= 0.3 is 0 Å². The Morgan fingerprint density at radius 2 is 1.61 bits per heavy atom. The lowest BCUT2D eigenvalue weighted by Crippen LogP contribution is -2.26. The van der Waals surface area contributed by atoms with E-state index < -0.39 is 10.0 Å². The number of anilines is 1. The van der Waals surface area contributed by atoms with Crippen LogP contribution in [0.25, 0.3) is 0 Å². The number of hydrogen-bond acceptors (Lipinski definition) is 3. The standard InChI is InChI=1S/C22H22N2O3S/c1-16-8-6-12-20(14-16)24-28(26,27)21-13-7-11-19(15-21)22(25)23-17(2)18-9-4-3-5-10-18/h3-15,17,24H,1-2H3,(H,23,25)/t17-/m1/s1. The van der Waals surface area contributed by atoms with Gasteiger partial charge in [0.05, 0.1) is 10.9 Å². The molecule has 0 radical (unpaired) electrons. The number of nitrogens with one attached hydrogen (secondary N) is 2. The highest BCUT2D eigenvalue weighted by molar-refractivity contribution is 7.92. The van der Waals surface area contributed by atoms with Gasteiger partial charge in [0.2, 0.25) is 0 Å². The molecule has 1 amide bonds. The summed E-state index contributed by atoms with van der Waals surface area (Å²) in [6, 6.07) is 22.5. The number of aryl methyl sites for hydroxylation is 1. The molecular formula is C22H22N2O3S. The fraction of sp³-hybridized carbons (Fsp3) is 0.136. The highest BCUT2D eigenvalue weighted by Crippen LogP contribution is 2.19. The van der Waals surface area contributed by atoms with Crippen LogP contribution in [-0.4, -0.2) is 14.3 Å². The summed E-state index contributed by atoms with van der Waals surface area (Å²) in [4.78, 5) is 12.6. The molecule has 2 N–H and O–H groups in total. The first-order valence-electron chi connectivity index (χ1n) is 8.90.